The normalized spacial score (nSPS) is 17.9. The predicted octanol–water partition coefficient (Wildman–Crippen LogP) is 2.15. The molecule has 2 rings (SSSR count). The number of hydrogen-bond acceptors (Lipinski definition) is 4. The minimum Gasteiger partial charge on any atom is -0.458 e. The molecule has 1 aromatic rings. The molecule has 0 aliphatic heterocycles. The van der Waals surface area contributed by atoms with Crippen LogP contribution < -0.4 is 0 Å². The monoisotopic (exact) mass is 221 g/mol. The molecule has 0 N–H and O–H groups in total. The standard InChI is InChI=1S/C11H11NO4/c1-7(13)16-11-5-3-8-2-4-9(12(14)15)6-10(8)11/h2,4,6,11H,3,5H2,1H3. The Morgan fingerprint density at radius 1 is 1.56 bits per heavy atom. The molecule has 1 aromatic carbocycles. The van der Waals surface area contributed by atoms with Crippen molar-refractivity contribution in [1.82, 2.24) is 0 Å². The summed E-state index contributed by atoms with van der Waals surface area (Å²) in [6.45, 7) is 1.34. The van der Waals surface area contributed by atoms with Crippen LogP contribution in [0.25, 0.3) is 0 Å². The zero-order valence-corrected chi connectivity index (χ0v) is 8.80. The summed E-state index contributed by atoms with van der Waals surface area (Å²) in [5.41, 5.74) is 1.83. The van der Waals surface area contributed by atoms with Crippen molar-refractivity contribution in [2.45, 2.75) is 25.9 Å². The third-order valence-electron chi connectivity index (χ3n) is 2.67. The number of nitro benzene ring substituents is 1. The summed E-state index contributed by atoms with van der Waals surface area (Å²) in [5, 5.41) is 10.6. The number of carbonyl (C=O) groups excluding carboxylic acids is 1. The summed E-state index contributed by atoms with van der Waals surface area (Å²) in [7, 11) is 0. The Morgan fingerprint density at radius 3 is 2.94 bits per heavy atom. The first-order chi connectivity index (χ1) is 7.58. The van der Waals surface area contributed by atoms with Crippen LogP contribution in [0.4, 0.5) is 5.69 Å². The van der Waals surface area contributed by atoms with E-state index in [1.807, 2.05) is 0 Å². The van der Waals surface area contributed by atoms with Gasteiger partial charge in [0.05, 0.1) is 4.92 Å². The van der Waals surface area contributed by atoms with E-state index in [4.69, 9.17) is 4.74 Å². The van der Waals surface area contributed by atoms with E-state index in [9.17, 15) is 14.9 Å². The first-order valence-corrected chi connectivity index (χ1v) is 5.02. The number of hydrogen-bond donors (Lipinski definition) is 0. The lowest BCUT2D eigenvalue weighted by Crippen LogP contribution is -2.05. The second kappa shape index (κ2) is 3.92. The molecule has 0 amide bonds. The van der Waals surface area contributed by atoms with Crippen molar-refractivity contribution in [1.29, 1.82) is 0 Å². The maximum atomic E-state index is 10.9. The number of ether oxygens (including phenoxy) is 1. The fraction of sp³-hybridized carbons (Fsp3) is 0.364. The molecule has 1 aliphatic rings. The first-order valence-electron chi connectivity index (χ1n) is 5.02. The number of esters is 1. The Morgan fingerprint density at radius 2 is 2.31 bits per heavy atom. The van der Waals surface area contributed by atoms with Gasteiger partial charge in [-0.2, -0.15) is 0 Å². The van der Waals surface area contributed by atoms with E-state index in [2.05, 4.69) is 0 Å². The van der Waals surface area contributed by atoms with Gasteiger partial charge in [0.15, 0.2) is 0 Å². The Kier molecular flexibility index (Phi) is 2.60. The molecule has 1 atom stereocenters. The van der Waals surface area contributed by atoms with Crippen molar-refractivity contribution in [3.63, 3.8) is 0 Å². The fourth-order valence-electron chi connectivity index (χ4n) is 1.99. The fourth-order valence-corrected chi connectivity index (χ4v) is 1.99. The van der Waals surface area contributed by atoms with Gasteiger partial charge in [-0.1, -0.05) is 6.07 Å². The summed E-state index contributed by atoms with van der Waals surface area (Å²) < 4.78 is 5.11. The van der Waals surface area contributed by atoms with Gasteiger partial charge in [0, 0.05) is 24.6 Å². The predicted molar refractivity (Wildman–Crippen MR) is 55.9 cm³/mol. The quantitative estimate of drug-likeness (QED) is 0.436. The van der Waals surface area contributed by atoms with Crippen molar-refractivity contribution in [3.05, 3.63) is 39.4 Å². The van der Waals surface area contributed by atoms with Crippen molar-refractivity contribution in [2.24, 2.45) is 0 Å². The number of non-ortho nitro benzene ring substituents is 1. The lowest BCUT2D eigenvalue weighted by Gasteiger charge is -2.11. The molecule has 0 heterocycles. The van der Waals surface area contributed by atoms with Crippen molar-refractivity contribution in [3.8, 4) is 0 Å². The molecular formula is C11H11NO4. The van der Waals surface area contributed by atoms with Crippen molar-refractivity contribution < 1.29 is 14.5 Å². The molecule has 1 unspecified atom stereocenters. The van der Waals surface area contributed by atoms with Gasteiger partial charge in [-0.3, -0.25) is 14.9 Å². The van der Waals surface area contributed by atoms with Crippen LogP contribution in [0, 0.1) is 10.1 Å². The van der Waals surface area contributed by atoms with Gasteiger partial charge < -0.3 is 4.74 Å². The highest BCUT2D eigenvalue weighted by molar-refractivity contribution is 5.66. The molecule has 0 spiro atoms. The molecule has 0 bridgehead atoms. The van der Waals surface area contributed by atoms with Crippen LogP contribution in [0.1, 0.15) is 30.6 Å². The molecule has 0 saturated heterocycles. The number of carbonyl (C=O) groups is 1. The molecule has 0 saturated carbocycles. The Bertz CT molecular complexity index is 455. The van der Waals surface area contributed by atoms with E-state index >= 15 is 0 Å². The number of nitro groups is 1. The average Bonchev–Trinajstić information content (AvgIpc) is 2.60. The number of fused-ring (bicyclic) bond motifs is 1. The van der Waals surface area contributed by atoms with Crippen LogP contribution >= 0.6 is 0 Å². The topological polar surface area (TPSA) is 69.4 Å². The lowest BCUT2D eigenvalue weighted by molar-refractivity contribution is -0.385. The van der Waals surface area contributed by atoms with E-state index in [1.54, 1.807) is 6.07 Å². The summed E-state index contributed by atoms with van der Waals surface area (Å²) in [6.07, 6.45) is 1.17. The van der Waals surface area contributed by atoms with Crippen LogP contribution in [0.3, 0.4) is 0 Å². The highest BCUT2D eigenvalue weighted by Gasteiger charge is 2.26. The van der Waals surface area contributed by atoms with Crippen LogP contribution in [0.15, 0.2) is 18.2 Å². The minimum atomic E-state index is -0.441. The Balaban J connectivity index is 2.33. The van der Waals surface area contributed by atoms with E-state index in [1.165, 1.54) is 19.1 Å². The van der Waals surface area contributed by atoms with Crippen LogP contribution in [-0.2, 0) is 16.0 Å². The van der Waals surface area contributed by atoms with Crippen molar-refractivity contribution >= 4 is 11.7 Å². The van der Waals surface area contributed by atoms with Gasteiger partial charge in [-0.05, 0) is 18.4 Å². The molecule has 5 nitrogen and oxygen atoms in total. The molecule has 0 radical (unpaired) electrons. The number of benzene rings is 1. The Hall–Kier alpha value is -1.91. The molecule has 84 valence electrons. The number of nitrogens with zero attached hydrogens (tertiary/aromatic N) is 1. The van der Waals surface area contributed by atoms with Crippen LogP contribution in [0.5, 0.6) is 0 Å². The van der Waals surface area contributed by atoms with Gasteiger partial charge in [0.25, 0.3) is 5.69 Å². The highest BCUT2D eigenvalue weighted by Crippen LogP contribution is 2.36. The molecule has 0 fully saturated rings. The van der Waals surface area contributed by atoms with Gasteiger partial charge in [-0.15, -0.1) is 0 Å². The SMILES string of the molecule is CC(=O)OC1CCc2ccc([N+](=O)[O-])cc21. The number of rotatable bonds is 2. The Labute approximate surface area is 92.2 Å². The maximum absolute atomic E-state index is 10.9. The largest absolute Gasteiger partial charge is 0.458 e. The van der Waals surface area contributed by atoms with E-state index in [0.29, 0.717) is 6.42 Å². The molecule has 0 aromatic heterocycles. The second-order valence-electron chi connectivity index (χ2n) is 3.78. The van der Waals surface area contributed by atoms with Crippen LogP contribution in [-0.4, -0.2) is 10.9 Å². The van der Waals surface area contributed by atoms with E-state index < -0.39 is 4.92 Å². The summed E-state index contributed by atoms with van der Waals surface area (Å²) in [6, 6.07) is 4.71. The molecule has 5 heteroatoms. The third kappa shape index (κ3) is 1.88. The van der Waals surface area contributed by atoms with Gasteiger partial charge in [0.2, 0.25) is 0 Å². The zero-order chi connectivity index (χ0) is 11.7. The summed E-state index contributed by atoms with van der Waals surface area (Å²) >= 11 is 0. The van der Waals surface area contributed by atoms with Gasteiger partial charge >= 0.3 is 5.97 Å². The second-order valence-corrected chi connectivity index (χ2v) is 3.78. The average molecular weight is 221 g/mol. The first kappa shape index (κ1) is 10.6. The lowest BCUT2D eigenvalue weighted by atomic mass is 10.1. The van der Waals surface area contributed by atoms with Crippen molar-refractivity contribution in [2.75, 3.05) is 0 Å². The molecular weight excluding hydrogens is 210 g/mol. The van der Waals surface area contributed by atoms with E-state index in [-0.39, 0.29) is 17.8 Å². The third-order valence-corrected chi connectivity index (χ3v) is 2.67. The van der Waals surface area contributed by atoms with Crippen LogP contribution in [0.2, 0.25) is 0 Å². The maximum Gasteiger partial charge on any atom is 0.303 e. The summed E-state index contributed by atoms with van der Waals surface area (Å²) in [5.74, 6) is -0.357. The summed E-state index contributed by atoms with van der Waals surface area (Å²) in [4.78, 5) is 21.1. The smallest absolute Gasteiger partial charge is 0.303 e. The molecule has 1 aliphatic carbocycles. The van der Waals surface area contributed by atoms with E-state index in [0.717, 1.165) is 17.5 Å². The van der Waals surface area contributed by atoms with Gasteiger partial charge in [0.1, 0.15) is 6.10 Å². The molecule has 16 heavy (non-hydrogen) atoms. The van der Waals surface area contributed by atoms with Gasteiger partial charge in [-0.25, -0.2) is 0 Å². The zero-order valence-electron chi connectivity index (χ0n) is 8.80. The number of aryl methyl sites for hydroxylation is 1. The highest BCUT2D eigenvalue weighted by atomic mass is 16.6. The minimum absolute atomic E-state index is 0.0396.